The quantitative estimate of drug-likeness (QED) is 0.238. The molecule has 8 nitrogen and oxygen atoms in total. The van der Waals surface area contributed by atoms with Gasteiger partial charge < -0.3 is 24.3 Å². The number of nitrogens with zero attached hydrogens (tertiary/aromatic N) is 1. The average molecular weight is 517 g/mol. The van der Waals surface area contributed by atoms with E-state index < -0.39 is 5.97 Å². The van der Waals surface area contributed by atoms with Crippen molar-refractivity contribution in [1.29, 1.82) is 0 Å². The molecule has 0 aromatic heterocycles. The van der Waals surface area contributed by atoms with Gasteiger partial charge in [-0.25, -0.2) is 0 Å². The summed E-state index contributed by atoms with van der Waals surface area (Å²) in [4.78, 5) is 26.4. The van der Waals surface area contributed by atoms with Gasteiger partial charge in [0, 0.05) is 43.9 Å². The Hall–Kier alpha value is -4.14. The maximum absolute atomic E-state index is 12.6. The van der Waals surface area contributed by atoms with E-state index in [-0.39, 0.29) is 5.91 Å². The van der Waals surface area contributed by atoms with Crippen molar-refractivity contribution in [2.75, 3.05) is 38.7 Å². The van der Waals surface area contributed by atoms with Gasteiger partial charge in [-0.15, -0.1) is 0 Å². The van der Waals surface area contributed by atoms with Crippen LogP contribution in [0.1, 0.15) is 23.6 Å². The molecule has 38 heavy (non-hydrogen) atoms. The Balaban J connectivity index is 1.34. The average Bonchev–Trinajstić information content (AvgIpc) is 2.92. The van der Waals surface area contributed by atoms with Crippen LogP contribution in [0, 0.1) is 0 Å². The first-order chi connectivity index (χ1) is 18.5. The lowest BCUT2D eigenvalue weighted by molar-refractivity contribution is -0.132. The molecule has 1 aliphatic rings. The lowest BCUT2D eigenvalue weighted by atomic mass is 10.1. The molecular formula is C30H32N2O6. The Morgan fingerprint density at radius 1 is 1.00 bits per heavy atom. The number of esters is 1. The van der Waals surface area contributed by atoms with Gasteiger partial charge in [0.2, 0.25) is 5.91 Å². The fourth-order valence-corrected chi connectivity index (χ4v) is 4.02. The molecule has 1 saturated heterocycles. The van der Waals surface area contributed by atoms with E-state index in [1.54, 1.807) is 24.3 Å². The van der Waals surface area contributed by atoms with Crippen LogP contribution in [0.2, 0.25) is 0 Å². The zero-order valence-corrected chi connectivity index (χ0v) is 21.6. The van der Waals surface area contributed by atoms with Crippen molar-refractivity contribution in [3.63, 3.8) is 0 Å². The number of para-hydroxylation sites is 1. The highest BCUT2D eigenvalue weighted by Gasteiger charge is 2.11. The number of ether oxygens (including phenoxy) is 4. The highest BCUT2D eigenvalue weighted by molar-refractivity contribution is 6.02. The van der Waals surface area contributed by atoms with Gasteiger partial charge in [-0.3, -0.25) is 14.5 Å². The first-order valence-corrected chi connectivity index (χ1v) is 12.5. The zero-order chi connectivity index (χ0) is 26.7. The standard InChI is InChI=1S/C30H32N2O6/c1-22(33)38-29-19-23(9-13-28(29)35-2)10-14-30(34)31-27-6-4-3-5-25(27)21-37-26-11-7-24(8-12-26)20-32-15-17-36-18-16-32/h3-14,19H,15-18,20-21H2,1-2H3,(H,31,34)/b14-10+. The smallest absolute Gasteiger partial charge is 0.308 e. The molecule has 4 rings (SSSR count). The molecule has 8 heteroatoms. The van der Waals surface area contributed by atoms with E-state index in [2.05, 4.69) is 22.3 Å². The van der Waals surface area contributed by atoms with Crippen LogP contribution in [-0.2, 0) is 27.5 Å². The Morgan fingerprint density at radius 3 is 2.50 bits per heavy atom. The Bertz CT molecular complexity index is 1270. The Kier molecular flexibility index (Phi) is 9.50. The number of anilines is 1. The summed E-state index contributed by atoms with van der Waals surface area (Å²) >= 11 is 0. The van der Waals surface area contributed by atoms with Crippen molar-refractivity contribution in [2.45, 2.75) is 20.1 Å². The van der Waals surface area contributed by atoms with Gasteiger partial charge in [0.1, 0.15) is 12.4 Å². The van der Waals surface area contributed by atoms with Crippen LogP contribution < -0.4 is 19.5 Å². The van der Waals surface area contributed by atoms with E-state index in [1.807, 2.05) is 36.4 Å². The summed E-state index contributed by atoms with van der Waals surface area (Å²) in [5.41, 5.74) is 3.44. The van der Waals surface area contributed by atoms with E-state index in [0.29, 0.717) is 29.4 Å². The minimum Gasteiger partial charge on any atom is -0.493 e. The lowest BCUT2D eigenvalue weighted by Gasteiger charge is -2.26. The summed E-state index contributed by atoms with van der Waals surface area (Å²) in [7, 11) is 1.49. The third-order valence-corrected chi connectivity index (χ3v) is 5.97. The molecule has 0 spiro atoms. The number of carbonyl (C=O) groups excluding carboxylic acids is 2. The first-order valence-electron chi connectivity index (χ1n) is 12.5. The topological polar surface area (TPSA) is 86.3 Å². The molecule has 1 amide bonds. The molecule has 198 valence electrons. The second kappa shape index (κ2) is 13.4. The molecule has 1 heterocycles. The molecule has 0 radical (unpaired) electrons. The monoisotopic (exact) mass is 516 g/mol. The molecule has 0 saturated carbocycles. The van der Waals surface area contributed by atoms with Crippen LogP contribution in [0.3, 0.4) is 0 Å². The van der Waals surface area contributed by atoms with E-state index >= 15 is 0 Å². The van der Waals surface area contributed by atoms with Crippen molar-refractivity contribution in [3.05, 3.63) is 89.5 Å². The summed E-state index contributed by atoms with van der Waals surface area (Å²) in [6.45, 7) is 5.99. The number of nitrogens with one attached hydrogen (secondary N) is 1. The lowest BCUT2D eigenvalue weighted by Crippen LogP contribution is -2.35. The van der Waals surface area contributed by atoms with Gasteiger partial charge >= 0.3 is 5.97 Å². The molecule has 1 fully saturated rings. The van der Waals surface area contributed by atoms with Gasteiger partial charge in [-0.2, -0.15) is 0 Å². The third kappa shape index (κ3) is 7.93. The molecule has 1 aliphatic heterocycles. The molecule has 3 aromatic carbocycles. The zero-order valence-electron chi connectivity index (χ0n) is 21.6. The van der Waals surface area contributed by atoms with Crippen LogP contribution in [0.15, 0.2) is 72.8 Å². The SMILES string of the molecule is COc1ccc(/C=C/C(=O)Nc2ccccc2COc2ccc(CN3CCOCC3)cc2)cc1OC(C)=O. The summed E-state index contributed by atoms with van der Waals surface area (Å²) < 4.78 is 21.8. The van der Waals surface area contributed by atoms with Crippen molar-refractivity contribution < 1.29 is 28.5 Å². The minimum absolute atomic E-state index is 0.291. The highest BCUT2D eigenvalue weighted by atomic mass is 16.6. The minimum atomic E-state index is -0.454. The summed E-state index contributed by atoms with van der Waals surface area (Å²) in [6.07, 6.45) is 3.06. The predicted octanol–water partition coefficient (Wildman–Crippen LogP) is 4.68. The van der Waals surface area contributed by atoms with Crippen molar-refractivity contribution in [2.24, 2.45) is 0 Å². The molecule has 3 aromatic rings. The summed E-state index contributed by atoms with van der Waals surface area (Å²) in [5, 5.41) is 2.91. The highest BCUT2D eigenvalue weighted by Crippen LogP contribution is 2.29. The largest absolute Gasteiger partial charge is 0.493 e. The number of methoxy groups -OCH3 is 1. The predicted molar refractivity (Wildman–Crippen MR) is 145 cm³/mol. The van der Waals surface area contributed by atoms with Gasteiger partial charge in [0.05, 0.1) is 20.3 Å². The molecule has 0 aliphatic carbocycles. The number of amides is 1. The van der Waals surface area contributed by atoms with Crippen LogP contribution in [0.5, 0.6) is 17.2 Å². The maximum Gasteiger partial charge on any atom is 0.308 e. The van der Waals surface area contributed by atoms with Crippen LogP contribution in [0.25, 0.3) is 6.08 Å². The van der Waals surface area contributed by atoms with Crippen LogP contribution in [0.4, 0.5) is 5.69 Å². The molecule has 0 unspecified atom stereocenters. The fourth-order valence-electron chi connectivity index (χ4n) is 4.02. The third-order valence-electron chi connectivity index (χ3n) is 5.97. The van der Waals surface area contributed by atoms with Gasteiger partial charge in [0.15, 0.2) is 11.5 Å². The van der Waals surface area contributed by atoms with E-state index in [9.17, 15) is 9.59 Å². The van der Waals surface area contributed by atoms with Gasteiger partial charge in [-0.05, 0) is 47.5 Å². The summed E-state index contributed by atoms with van der Waals surface area (Å²) in [5.74, 6) is 0.737. The van der Waals surface area contributed by atoms with E-state index in [4.69, 9.17) is 18.9 Å². The second-order valence-corrected chi connectivity index (χ2v) is 8.80. The number of benzene rings is 3. The van der Waals surface area contributed by atoms with Crippen molar-refractivity contribution >= 4 is 23.6 Å². The number of hydrogen-bond acceptors (Lipinski definition) is 7. The van der Waals surface area contributed by atoms with Crippen LogP contribution in [-0.4, -0.2) is 50.2 Å². The normalized spacial score (nSPS) is 13.7. The summed E-state index contributed by atoms with van der Waals surface area (Å²) in [6, 6.07) is 20.7. The molecule has 1 N–H and O–H groups in total. The second-order valence-electron chi connectivity index (χ2n) is 8.80. The fraction of sp³-hybridized carbons (Fsp3) is 0.267. The molecule has 0 atom stereocenters. The number of carbonyl (C=O) groups is 2. The van der Waals surface area contributed by atoms with Gasteiger partial charge in [0.25, 0.3) is 0 Å². The Morgan fingerprint density at radius 2 is 1.76 bits per heavy atom. The van der Waals surface area contributed by atoms with E-state index in [0.717, 1.165) is 44.2 Å². The molecule has 0 bridgehead atoms. The van der Waals surface area contributed by atoms with Crippen molar-refractivity contribution in [3.8, 4) is 17.2 Å². The Labute approximate surface area is 222 Å². The van der Waals surface area contributed by atoms with Gasteiger partial charge in [-0.1, -0.05) is 36.4 Å². The van der Waals surface area contributed by atoms with Crippen molar-refractivity contribution in [1.82, 2.24) is 4.90 Å². The number of morpholine rings is 1. The number of rotatable bonds is 10. The maximum atomic E-state index is 12.6. The number of hydrogen-bond donors (Lipinski definition) is 1. The molecular weight excluding hydrogens is 484 g/mol. The van der Waals surface area contributed by atoms with Crippen LogP contribution >= 0.6 is 0 Å². The first kappa shape index (κ1) is 26.9. The van der Waals surface area contributed by atoms with E-state index in [1.165, 1.54) is 25.7 Å².